The van der Waals surface area contributed by atoms with Gasteiger partial charge < -0.3 is 10.6 Å². The van der Waals surface area contributed by atoms with Crippen molar-refractivity contribution in [3.05, 3.63) is 71.2 Å². The quantitative estimate of drug-likeness (QED) is 0.627. The average molecular weight is 365 g/mol. The zero-order valence-electron chi connectivity index (χ0n) is 15.8. The van der Waals surface area contributed by atoms with Crippen LogP contribution in [0, 0.1) is 12.7 Å². The zero-order valence-corrected chi connectivity index (χ0v) is 15.8. The summed E-state index contributed by atoms with van der Waals surface area (Å²) in [4.78, 5) is 4.50. The Morgan fingerprint density at radius 1 is 1.07 bits per heavy atom. The van der Waals surface area contributed by atoms with Crippen LogP contribution in [0.15, 0.2) is 48.7 Å². The van der Waals surface area contributed by atoms with E-state index in [1.165, 1.54) is 17.7 Å². The van der Waals surface area contributed by atoms with E-state index in [-0.39, 0.29) is 5.82 Å². The molecule has 0 aliphatic carbocycles. The lowest BCUT2D eigenvalue weighted by Gasteiger charge is -2.16. The van der Waals surface area contributed by atoms with Crippen LogP contribution in [-0.4, -0.2) is 21.7 Å². The molecule has 0 unspecified atom stereocenters. The summed E-state index contributed by atoms with van der Waals surface area (Å²) in [5.74, 6) is 1.27. The molecule has 0 aliphatic heterocycles. The Labute approximate surface area is 159 Å². The van der Waals surface area contributed by atoms with Crippen molar-refractivity contribution in [2.75, 3.05) is 17.2 Å². The first-order chi connectivity index (χ1) is 13.0. The number of hydrogen-bond acceptors (Lipinski definition) is 5. The predicted molar refractivity (Wildman–Crippen MR) is 107 cm³/mol. The molecule has 27 heavy (non-hydrogen) atoms. The van der Waals surface area contributed by atoms with Gasteiger partial charge in [0.1, 0.15) is 5.82 Å². The molecule has 3 rings (SSSR count). The van der Waals surface area contributed by atoms with E-state index >= 15 is 0 Å². The molecule has 1 aromatic heterocycles. The fourth-order valence-corrected chi connectivity index (χ4v) is 2.88. The molecule has 3 aromatic rings. The molecule has 0 bridgehead atoms. The van der Waals surface area contributed by atoms with Gasteiger partial charge >= 0.3 is 0 Å². The highest BCUT2D eigenvalue weighted by molar-refractivity contribution is 5.64. The third kappa shape index (κ3) is 5.00. The summed E-state index contributed by atoms with van der Waals surface area (Å²) in [6.07, 6.45) is 2.36. The number of para-hydroxylation sites is 1. The smallest absolute Gasteiger partial charge is 0.249 e. The number of halogens is 1. The van der Waals surface area contributed by atoms with Gasteiger partial charge in [0.2, 0.25) is 5.95 Å². The SMILES string of the molecule is Cc1cccc(C(C)C)c1Nc1nncc(NCCc2ccc(F)cc2)n1. The number of benzene rings is 2. The molecular formula is C21H24FN5. The summed E-state index contributed by atoms with van der Waals surface area (Å²) in [6.45, 7) is 7.05. The molecule has 1 heterocycles. The Morgan fingerprint density at radius 2 is 1.85 bits per heavy atom. The molecule has 0 spiro atoms. The first-order valence-electron chi connectivity index (χ1n) is 9.07. The summed E-state index contributed by atoms with van der Waals surface area (Å²) >= 11 is 0. The van der Waals surface area contributed by atoms with E-state index < -0.39 is 0 Å². The Balaban J connectivity index is 1.66. The Bertz CT molecular complexity index is 893. The average Bonchev–Trinajstić information content (AvgIpc) is 2.65. The van der Waals surface area contributed by atoms with Crippen molar-refractivity contribution >= 4 is 17.5 Å². The molecule has 5 nitrogen and oxygen atoms in total. The molecule has 0 radical (unpaired) electrons. The highest BCUT2D eigenvalue weighted by atomic mass is 19.1. The van der Waals surface area contributed by atoms with Crippen molar-refractivity contribution < 1.29 is 4.39 Å². The van der Waals surface area contributed by atoms with Crippen LogP contribution in [0.2, 0.25) is 0 Å². The van der Waals surface area contributed by atoms with Gasteiger partial charge in [0.15, 0.2) is 5.82 Å². The lowest BCUT2D eigenvalue weighted by Crippen LogP contribution is -2.09. The summed E-state index contributed by atoms with van der Waals surface area (Å²) in [5, 5.41) is 14.7. The van der Waals surface area contributed by atoms with E-state index in [4.69, 9.17) is 0 Å². The van der Waals surface area contributed by atoms with Gasteiger partial charge in [-0.1, -0.05) is 44.2 Å². The third-order valence-corrected chi connectivity index (χ3v) is 4.36. The van der Waals surface area contributed by atoms with Crippen LogP contribution in [0.3, 0.4) is 0 Å². The Hall–Kier alpha value is -3.02. The minimum atomic E-state index is -0.223. The van der Waals surface area contributed by atoms with Crippen molar-refractivity contribution in [3.63, 3.8) is 0 Å². The van der Waals surface area contributed by atoms with E-state index in [0.717, 1.165) is 23.2 Å². The van der Waals surface area contributed by atoms with Crippen molar-refractivity contribution in [2.24, 2.45) is 0 Å². The lowest BCUT2D eigenvalue weighted by atomic mass is 9.98. The molecule has 0 aliphatic rings. The Kier molecular flexibility index (Phi) is 5.96. The van der Waals surface area contributed by atoms with Gasteiger partial charge in [-0.3, -0.25) is 0 Å². The number of anilines is 3. The first-order valence-corrected chi connectivity index (χ1v) is 9.07. The predicted octanol–water partition coefficient (Wildman–Crippen LogP) is 4.84. The van der Waals surface area contributed by atoms with Gasteiger partial charge in [-0.2, -0.15) is 10.1 Å². The fraction of sp³-hybridized carbons (Fsp3) is 0.286. The number of rotatable bonds is 7. The van der Waals surface area contributed by atoms with E-state index in [2.05, 4.69) is 64.8 Å². The summed E-state index contributed by atoms with van der Waals surface area (Å²) in [5.41, 5.74) is 4.44. The van der Waals surface area contributed by atoms with Crippen LogP contribution in [0.4, 0.5) is 21.8 Å². The molecule has 140 valence electrons. The number of aryl methyl sites for hydroxylation is 1. The van der Waals surface area contributed by atoms with E-state index in [1.807, 2.05) is 0 Å². The zero-order chi connectivity index (χ0) is 19.2. The van der Waals surface area contributed by atoms with Crippen LogP contribution in [-0.2, 0) is 6.42 Å². The monoisotopic (exact) mass is 365 g/mol. The second kappa shape index (κ2) is 8.58. The van der Waals surface area contributed by atoms with Gasteiger partial charge in [-0.25, -0.2) is 4.39 Å². The highest BCUT2D eigenvalue weighted by Crippen LogP contribution is 2.29. The van der Waals surface area contributed by atoms with Crippen molar-refractivity contribution in [1.29, 1.82) is 0 Å². The van der Waals surface area contributed by atoms with Crippen LogP contribution in [0.25, 0.3) is 0 Å². The normalized spacial score (nSPS) is 10.9. The van der Waals surface area contributed by atoms with Crippen molar-refractivity contribution in [1.82, 2.24) is 15.2 Å². The number of aromatic nitrogens is 3. The largest absolute Gasteiger partial charge is 0.368 e. The van der Waals surface area contributed by atoms with Gasteiger partial charge in [0.25, 0.3) is 0 Å². The fourth-order valence-electron chi connectivity index (χ4n) is 2.88. The number of hydrogen-bond donors (Lipinski definition) is 2. The summed E-state index contributed by atoms with van der Waals surface area (Å²) < 4.78 is 13.0. The second-order valence-corrected chi connectivity index (χ2v) is 6.79. The molecule has 6 heteroatoms. The van der Waals surface area contributed by atoms with Gasteiger partial charge in [-0.05, 0) is 48.1 Å². The maximum Gasteiger partial charge on any atom is 0.249 e. The Morgan fingerprint density at radius 3 is 2.59 bits per heavy atom. The topological polar surface area (TPSA) is 62.7 Å². The van der Waals surface area contributed by atoms with Crippen molar-refractivity contribution in [2.45, 2.75) is 33.1 Å². The second-order valence-electron chi connectivity index (χ2n) is 6.79. The highest BCUT2D eigenvalue weighted by Gasteiger charge is 2.11. The molecule has 2 aromatic carbocycles. The third-order valence-electron chi connectivity index (χ3n) is 4.36. The summed E-state index contributed by atoms with van der Waals surface area (Å²) in [7, 11) is 0. The van der Waals surface area contributed by atoms with Crippen molar-refractivity contribution in [3.8, 4) is 0 Å². The van der Waals surface area contributed by atoms with Crippen LogP contribution in [0.1, 0.15) is 36.5 Å². The lowest BCUT2D eigenvalue weighted by molar-refractivity contribution is 0.627. The molecular weight excluding hydrogens is 341 g/mol. The maximum atomic E-state index is 13.0. The standard InChI is InChI=1S/C21H24FN5/c1-14(2)18-6-4-5-15(3)20(18)26-21-25-19(13-24-27-21)23-12-11-16-7-9-17(22)10-8-16/h4-10,13-14H,11-12H2,1-3H3,(H2,23,25,26,27). The minimum absolute atomic E-state index is 0.223. The molecule has 0 atom stereocenters. The molecule has 0 saturated carbocycles. The van der Waals surface area contributed by atoms with Gasteiger partial charge in [0.05, 0.1) is 6.20 Å². The van der Waals surface area contributed by atoms with Crippen LogP contribution in [0.5, 0.6) is 0 Å². The van der Waals surface area contributed by atoms with E-state index in [0.29, 0.717) is 24.2 Å². The van der Waals surface area contributed by atoms with Gasteiger partial charge in [-0.15, -0.1) is 5.10 Å². The van der Waals surface area contributed by atoms with Crippen LogP contribution >= 0.6 is 0 Å². The first kappa shape index (κ1) is 18.8. The summed E-state index contributed by atoms with van der Waals surface area (Å²) in [6, 6.07) is 12.7. The van der Waals surface area contributed by atoms with Crippen LogP contribution < -0.4 is 10.6 Å². The number of nitrogens with zero attached hydrogens (tertiary/aromatic N) is 3. The van der Waals surface area contributed by atoms with Gasteiger partial charge in [0, 0.05) is 12.2 Å². The molecule has 0 saturated heterocycles. The minimum Gasteiger partial charge on any atom is -0.368 e. The van der Waals surface area contributed by atoms with E-state index in [9.17, 15) is 4.39 Å². The van der Waals surface area contributed by atoms with E-state index in [1.54, 1.807) is 18.3 Å². The molecule has 0 amide bonds. The number of nitrogens with one attached hydrogen (secondary N) is 2. The molecule has 2 N–H and O–H groups in total. The molecule has 0 fully saturated rings. The maximum absolute atomic E-state index is 13.0.